The summed E-state index contributed by atoms with van der Waals surface area (Å²) in [5.41, 5.74) is -1.16. The number of aryl methyl sites for hydroxylation is 2. The molecule has 0 saturated heterocycles. The Hall–Kier alpha value is -4.34. The molecule has 0 aliphatic rings. The third kappa shape index (κ3) is 14.8. The van der Waals surface area contributed by atoms with E-state index in [1.165, 1.54) is 56.3 Å². The largest absolute Gasteiger partial charge is 1.00 e. The van der Waals surface area contributed by atoms with E-state index in [0.29, 0.717) is 13.1 Å². The first-order valence-corrected chi connectivity index (χ1v) is 18.7. The van der Waals surface area contributed by atoms with Gasteiger partial charge >= 0.3 is 60.4 Å². The van der Waals surface area contributed by atoms with E-state index in [4.69, 9.17) is 10.2 Å². The molecule has 0 atom stereocenters. The van der Waals surface area contributed by atoms with Crippen LogP contribution in [-0.2, 0) is 20.2 Å². The van der Waals surface area contributed by atoms with Crippen LogP contribution in [0.15, 0.2) is 90.9 Å². The van der Waals surface area contributed by atoms with E-state index in [9.17, 15) is 56.0 Å². The number of phenols is 2. The Morgan fingerprint density at radius 1 is 0.672 bits per heavy atom. The molecule has 0 saturated carbocycles. The molecule has 58 heavy (non-hydrogen) atoms. The van der Waals surface area contributed by atoms with Gasteiger partial charge in [-0.25, -0.2) is 26.4 Å². The van der Waals surface area contributed by atoms with Crippen LogP contribution in [0.3, 0.4) is 0 Å². The molecular weight excluding hydrogens is 808 g/mol. The minimum absolute atomic E-state index is 0. The van der Waals surface area contributed by atoms with Gasteiger partial charge in [-0.1, -0.05) is 24.3 Å². The predicted octanol–water partition coefficient (Wildman–Crippen LogP) is -1.17. The van der Waals surface area contributed by atoms with Crippen molar-refractivity contribution < 1.29 is 115 Å². The van der Waals surface area contributed by atoms with Gasteiger partial charge in [0.15, 0.2) is 0 Å². The molecule has 0 aliphatic carbocycles. The summed E-state index contributed by atoms with van der Waals surface area (Å²) in [5.74, 6) is -3.81. The standard InChI is InChI=1S/C30H24N4O12S2.C5H13NO2.Li.Na/c1-15-9-20(12-22(27(15)35)29(37)38)32-31-19-7-6-18(25(14-19)47(41,42)43)5-3-17-4-8-24(26(11-17)48(44,45)46)34-33-21-10-16(2)28(36)23(13-21)30(39)40;1-6(2-4-7)3-5-8;;/h3-14,35-36H,1-2H3,(H,37,38)(H,39,40)(H,41,42,43)(H,44,45,46);7-8H,2-5H2,1H3;;/q;;2*+1/p-2/b5-3+,32-31?,34-33?;;;. The number of hydrogen-bond donors (Lipinski definition) is 6. The fourth-order valence-corrected chi connectivity index (χ4v) is 6.02. The summed E-state index contributed by atoms with van der Waals surface area (Å²) in [6.07, 6.45) is 2.38. The molecule has 0 bridgehead atoms. The second-order valence-electron chi connectivity index (χ2n) is 11.8. The number of nitrogens with zero attached hydrogens (tertiary/aromatic N) is 5. The number of aromatic carboxylic acids is 2. The fraction of sp³-hybridized carbons (Fsp3) is 0.200. The second kappa shape index (κ2) is 22.7. The zero-order valence-corrected chi connectivity index (χ0v) is 35.4. The fourth-order valence-electron chi connectivity index (χ4n) is 4.69. The summed E-state index contributed by atoms with van der Waals surface area (Å²) >= 11 is 0. The van der Waals surface area contributed by atoms with E-state index in [0.717, 1.165) is 30.3 Å². The molecule has 0 unspecified atom stereocenters. The summed E-state index contributed by atoms with van der Waals surface area (Å²) in [6.45, 7) is 4.45. The van der Waals surface area contributed by atoms with Crippen LogP contribution in [0.25, 0.3) is 12.2 Å². The van der Waals surface area contributed by atoms with Crippen LogP contribution in [0.1, 0.15) is 43.0 Å². The predicted molar refractivity (Wildman–Crippen MR) is 197 cm³/mol. The average Bonchev–Trinajstić information content (AvgIpc) is 3.11. The Morgan fingerprint density at radius 3 is 1.59 bits per heavy atom. The summed E-state index contributed by atoms with van der Waals surface area (Å²) < 4.78 is 72.3. The molecule has 23 heteroatoms. The Labute approximate surface area is 367 Å². The van der Waals surface area contributed by atoms with Crippen molar-refractivity contribution in [1.29, 1.82) is 0 Å². The van der Waals surface area contributed by atoms with Crippen LogP contribution < -0.4 is 48.4 Å². The number of aliphatic hydroxyl groups excluding tert-OH is 2. The van der Waals surface area contributed by atoms with E-state index in [-0.39, 0.29) is 101 Å². The molecular formula is C35H35LiN5NaO14S2. The first kappa shape index (κ1) is 51.7. The monoisotopic (exact) mass is 843 g/mol. The SMILES string of the molecule is CN(CCO)CCO.Cc1cc(N=Nc2ccc(/C=C/c3ccc(N=Nc4cc(C)c(O)c(C(=O)O)c4)c(S(=O)(=O)[O-])c3)c(S(=O)(=O)[O-])c2)cc(C(=O)O)c1O.[Li+].[Na+]. The van der Waals surface area contributed by atoms with E-state index in [1.807, 2.05) is 11.9 Å². The smallest absolute Gasteiger partial charge is 0.744 e. The Kier molecular flexibility index (Phi) is 20.2. The zero-order valence-electron chi connectivity index (χ0n) is 31.8. The second-order valence-corrected chi connectivity index (χ2v) is 14.5. The molecule has 0 fully saturated rings. The van der Waals surface area contributed by atoms with Crippen LogP contribution in [-0.4, -0.2) is 107 Å². The van der Waals surface area contributed by atoms with Gasteiger partial charge in [0.1, 0.15) is 48.5 Å². The third-order valence-corrected chi connectivity index (χ3v) is 9.28. The molecule has 4 aromatic rings. The number of rotatable bonds is 14. The van der Waals surface area contributed by atoms with Gasteiger partial charge in [0.25, 0.3) is 0 Å². The van der Waals surface area contributed by atoms with Crippen molar-refractivity contribution in [3.63, 3.8) is 0 Å². The first-order chi connectivity index (χ1) is 26.2. The van der Waals surface area contributed by atoms with Gasteiger partial charge in [-0.3, -0.25) is 0 Å². The van der Waals surface area contributed by atoms with Crippen LogP contribution in [0.4, 0.5) is 22.7 Å². The Balaban J connectivity index is 0.00000152. The van der Waals surface area contributed by atoms with Crippen LogP contribution >= 0.6 is 0 Å². The number of carboxylic acid groups (broad SMARTS) is 2. The molecule has 4 rings (SSSR count). The molecule has 0 aromatic heterocycles. The summed E-state index contributed by atoms with van der Waals surface area (Å²) in [5, 5.41) is 70.3. The molecule has 0 amide bonds. The number of likely N-dealkylation sites (N-methyl/N-ethyl adjacent to an activating group) is 1. The van der Waals surface area contributed by atoms with Crippen LogP contribution in [0.2, 0.25) is 0 Å². The Bertz CT molecular complexity index is 2440. The topological polar surface area (TPSA) is 323 Å². The van der Waals surface area contributed by atoms with Gasteiger partial charge in [0, 0.05) is 13.1 Å². The van der Waals surface area contributed by atoms with Crippen molar-refractivity contribution in [3.05, 3.63) is 94.0 Å². The van der Waals surface area contributed by atoms with E-state index in [1.54, 1.807) is 0 Å². The maximum Gasteiger partial charge on any atom is 1.00 e. The minimum atomic E-state index is -5.15. The first-order valence-electron chi connectivity index (χ1n) is 15.9. The van der Waals surface area contributed by atoms with Gasteiger partial charge in [-0.2, -0.15) is 15.3 Å². The van der Waals surface area contributed by atoms with Crippen molar-refractivity contribution in [2.45, 2.75) is 23.6 Å². The van der Waals surface area contributed by atoms with E-state index < -0.39 is 70.3 Å². The van der Waals surface area contributed by atoms with E-state index in [2.05, 4.69) is 20.5 Å². The summed E-state index contributed by atoms with van der Waals surface area (Å²) in [4.78, 5) is 23.0. The van der Waals surface area contributed by atoms with Crippen molar-refractivity contribution in [2.75, 3.05) is 33.4 Å². The van der Waals surface area contributed by atoms with Crippen molar-refractivity contribution in [1.82, 2.24) is 4.90 Å². The molecule has 19 nitrogen and oxygen atoms in total. The molecule has 0 heterocycles. The molecule has 298 valence electrons. The molecule has 0 spiro atoms. The van der Waals surface area contributed by atoms with Crippen LogP contribution in [0.5, 0.6) is 11.5 Å². The van der Waals surface area contributed by atoms with Gasteiger partial charge < -0.3 is 44.6 Å². The Morgan fingerprint density at radius 2 is 1.14 bits per heavy atom. The van der Waals surface area contributed by atoms with Crippen molar-refractivity contribution in [3.8, 4) is 11.5 Å². The normalized spacial score (nSPS) is 11.7. The minimum Gasteiger partial charge on any atom is -0.744 e. The number of benzene rings is 4. The zero-order chi connectivity index (χ0) is 42.0. The summed E-state index contributed by atoms with van der Waals surface area (Å²) in [6, 6.07) is 11.4. The maximum atomic E-state index is 12.1. The molecule has 6 N–H and O–H groups in total. The van der Waals surface area contributed by atoms with E-state index >= 15 is 0 Å². The third-order valence-electron chi connectivity index (χ3n) is 7.52. The van der Waals surface area contributed by atoms with Crippen molar-refractivity contribution >= 4 is 67.1 Å². The van der Waals surface area contributed by atoms with Gasteiger partial charge in [-0.05, 0) is 91.7 Å². The number of hydrogen-bond acceptors (Lipinski definition) is 17. The average molecular weight is 844 g/mol. The van der Waals surface area contributed by atoms with Gasteiger partial charge in [0.2, 0.25) is 0 Å². The number of aliphatic hydroxyl groups is 2. The molecule has 0 radical (unpaired) electrons. The molecule has 4 aromatic carbocycles. The number of carbonyl (C=O) groups is 2. The number of azo groups is 2. The summed E-state index contributed by atoms with van der Waals surface area (Å²) in [7, 11) is -8.39. The van der Waals surface area contributed by atoms with Crippen molar-refractivity contribution in [2.24, 2.45) is 20.5 Å². The number of aromatic hydroxyl groups is 2. The van der Waals surface area contributed by atoms with Crippen LogP contribution in [0, 0.1) is 13.8 Å². The molecule has 0 aliphatic heterocycles. The quantitative estimate of drug-likeness (QED) is 0.0377. The van der Waals surface area contributed by atoms with Gasteiger partial charge in [-0.15, -0.1) is 5.11 Å². The maximum absolute atomic E-state index is 12.1. The number of carboxylic acids is 2. The van der Waals surface area contributed by atoms with Gasteiger partial charge in [0.05, 0.1) is 40.1 Å².